The van der Waals surface area contributed by atoms with E-state index < -0.39 is 41.9 Å². The van der Waals surface area contributed by atoms with Gasteiger partial charge in [0.1, 0.15) is 11.6 Å². The van der Waals surface area contributed by atoms with Gasteiger partial charge in [0.15, 0.2) is 0 Å². The highest BCUT2D eigenvalue weighted by Gasteiger charge is 2.60. The predicted molar refractivity (Wildman–Crippen MR) is 117 cm³/mol. The molecule has 2 fully saturated rings. The molecule has 1 aromatic rings. The summed E-state index contributed by atoms with van der Waals surface area (Å²) in [6.45, 7) is 1.79. The highest BCUT2D eigenvalue weighted by Crippen LogP contribution is 2.37. The van der Waals surface area contributed by atoms with Gasteiger partial charge in [0.05, 0.1) is 5.92 Å². The van der Waals surface area contributed by atoms with Crippen LogP contribution in [0.2, 0.25) is 0 Å². The molecule has 1 heterocycles. The summed E-state index contributed by atoms with van der Waals surface area (Å²) in [4.78, 5) is 27.2. The van der Waals surface area contributed by atoms with Crippen LogP contribution in [0.5, 0.6) is 5.75 Å². The zero-order valence-corrected chi connectivity index (χ0v) is 20.4. The van der Waals surface area contributed by atoms with Gasteiger partial charge in [-0.1, -0.05) is 18.9 Å². The summed E-state index contributed by atoms with van der Waals surface area (Å²) in [5.41, 5.74) is -0.0674. The molecule has 0 unspecified atom stereocenters. The normalized spacial score (nSPS) is 18.9. The molecule has 6 nitrogen and oxygen atoms in total. The number of halogens is 7. The number of nitrogens with zero attached hydrogens (tertiary/aromatic N) is 2. The largest absolute Gasteiger partial charge is 0.434 e. The minimum atomic E-state index is -5.79. The van der Waals surface area contributed by atoms with E-state index in [4.69, 9.17) is 4.74 Å². The molecule has 1 aliphatic heterocycles. The van der Waals surface area contributed by atoms with Crippen LogP contribution in [0.25, 0.3) is 0 Å². The number of carbonyl (C=O) groups is 2. The first-order valence-electron chi connectivity index (χ1n) is 11.9. The summed E-state index contributed by atoms with van der Waals surface area (Å²) in [6.07, 6.45) is -13.7. The standard InChI is InChI=1S/C24H29F7N2O4/c1-22(9-11-33(12-10-22)21(35)37-20(23(26,27)28)24(29,30)31)32(2)14-16-7-8-17(25)13-18(16)36-19(34)15-5-3-4-6-15/h7-8,13,15,20H,3-6,9-12,14H2,1-2H3. The van der Waals surface area contributed by atoms with Crippen LogP contribution in [-0.4, -0.2) is 66.0 Å². The van der Waals surface area contributed by atoms with E-state index in [1.54, 1.807) is 7.05 Å². The van der Waals surface area contributed by atoms with Crippen molar-refractivity contribution in [3.05, 3.63) is 29.6 Å². The van der Waals surface area contributed by atoms with Gasteiger partial charge in [-0.15, -0.1) is 0 Å². The van der Waals surface area contributed by atoms with Crippen molar-refractivity contribution < 1.29 is 49.8 Å². The van der Waals surface area contributed by atoms with Crippen LogP contribution in [0, 0.1) is 11.7 Å². The molecule has 1 saturated carbocycles. The Kier molecular flexibility index (Phi) is 8.65. The maximum atomic E-state index is 13.9. The van der Waals surface area contributed by atoms with E-state index >= 15 is 0 Å². The average Bonchev–Trinajstić information content (AvgIpc) is 3.33. The average molecular weight is 542 g/mol. The molecule has 1 aliphatic carbocycles. The molecule has 0 atom stereocenters. The Morgan fingerprint density at radius 2 is 1.65 bits per heavy atom. The van der Waals surface area contributed by atoms with Crippen molar-refractivity contribution in [2.24, 2.45) is 5.92 Å². The van der Waals surface area contributed by atoms with Crippen molar-refractivity contribution in [3.63, 3.8) is 0 Å². The van der Waals surface area contributed by atoms with Gasteiger partial charge in [0.25, 0.3) is 6.10 Å². The van der Waals surface area contributed by atoms with Crippen LogP contribution in [0.3, 0.4) is 0 Å². The highest BCUT2D eigenvalue weighted by molar-refractivity contribution is 5.75. The molecule has 0 bridgehead atoms. The Hall–Kier alpha value is -2.57. The maximum Gasteiger partial charge on any atom is 0.434 e. The van der Waals surface area contributed by atoms with E-state index in [1.165, 1.54) is 12.1 Å². The third kappa shape index (κ3) is 7.26. The lowest BCUT2D eigenvalue weighted by molar-refractivity contribution is -0.308. The molecule has 1 saturated heterocycles. The molecule has 208 valence electrons. The molecule has 37 heavy (non-hydrogen) atoms. The van der Waals surface area contributed by atoms with Gasteiger partial charge in [-0.2, -0.15) is 26.3 Å². The molecule has 0 spiro atoms. The molecule has 0 N–H and O–H groups in total. The first kappa shape index (κ1) is 29.0. The number of likely N-dealkylation sites (tertiary alicyclic amines) is 1. The Morgan fingerprint density at radius 1 is 1.08 bits per heavy atom. The van der Waals surface area contributed by atoms with Gasteiger partial charge in [-0.25, -0.2) is 9.18 Å². The molecule has 1 amide bonds. The smallest absolute Gasteiger partial charge is 0.426 e. The number of ether oxygens (including phenoxy) is 2. The van der Waals surface area contributed by atoms with Crippen LogP contribution in [-0.2, 0) is 16.1 Å². The Balaban J connectivity index is 1.63. The number of benzene rings is 1. The van der Waals surface area contributed by atoms with Gasteiger partial charge in [0, 0.05) is 36.8 Å². The lowest BCUT2D eigenvalue weighted by Gasteiger charge is -2.45. The first-order valence-corrected chi connectivity index (χ1v) is 11.9. The minimum absolute atomic E-state index is 0.0960. The number of carbonyl (C=O) groups excluding carboxylic acids is 2. The Bertz CT molecular complexity index is 955. The molecule has 1 aromatic carbocycles. The molecule has 0 aromatic heterocycles. The summed E-state index contributed by atoms with van der Waals surface area (Å²) in [7, 11) is 1.74. The lowest BCUT2D eigenvalue weighted by atomic mass is 9.87. The molecule has 13 heteroatoms. The number of hydrogen-bond acceptors (Lipinski definition) is 5. The Labute approximate surface area is 209 Å². The maximum absolute atomic E-state index is 13.9. The fourth-order valence-corrected chi connectivity index (χ4v) is 4.60. The zero-order chi connectivity index (χ0) is 27.6. The van der Waals surface area contributed by atoms with E-state index in [1.807, 2.05) is 11.8 Å². The third-order valence-electron chi connectivity index (χ3n) is 7.17. The SMILES string of the molecule is CN(Cc1ccc(F)cc1OC(=O)C1CCCC1)C1(C)CCN(C(=O)OC(C(F)(F)F)C(F)(F)F)CC1. The van der Waals surface area contributed by atoms with Crippen molar-refractivity contribution in [1.82, 2.24) is 9.80 Å². The summed E-state index contributed by atoms with van der Waals surface area (Å²) in [5, 5.41) is 0. The molecular formula is C24H29F7N2O4. The molecular weight excluding hydrogens is 513 g/mol. The summed E-state index contributed by atoms with van der Waals surface area (Å²) < 4.78 is 99.6. The van der Waals surface area contributed by atoms with E-state index in [0.29, 0.717) is 18.4 Å². The second-order valence-corrected chi connectivity index (χ2v) is 9.84. The van der Waals surface area contributed by atoms with Gasteiger partial charge >= 0.3 is 24.4 Å². The second kappa shape index (κ2) is 11.0. The number of amides is 1. The van der Waals surface area contributed by atoms with E-state index in [0.717, 1.165) is 23.8 Å². The Morgan fingerprint density at radius 3 is 2.19 bits per heavy atom. The van der Waals surface area contributed by atoms with Crippen molar-refractivity contribution in [2.45, 2.75) is 76.0 Å². The van der Waals surface area contributed by atoms with Crippen LogP contribution >= 0.6 is 0 Å². The van der Waals surface area contributed by atoms with Crippen LogP contribution in [0.15, 0.2) is 18.2 Å². The van der Waals surface area contributed by atoms with E-state index in [9.17, 15) is 40.3 Å². The quantitative estimate of drug-likeness (QED) is 0.257. The van der Waals surface area contributed by atoms with Gasteiger partial charge in [-0.05, 0) is 45.7 Å². The third-order valence-corrected chi connectivity index (χ3v) is 7.17. The van der Waals surface area contributed by atoms with Crippen molar-refractivity contribution >= 4 is 12.1 Å². The number of hydrogen-bond donors (Lipinski definition) is 0. The minimum Gasteiger partial charge on any atom is -0.426 e. The molecule has 0 radical (unpaired) electrons. The van der Waals surface area contributed by atoms with Crippen molar-refractivity contribution in [1.29, 1.82) is 0 Å². The van der Waals surface area contributed by atoms with Crippen LogP contribution < -0.4 is 4.74 Å². The topological polar surface area (TPSA) is 59.1 Å². The monoisotopic (exact) mass is 542 g/mol. The van der Waals surface area contributed by atoms with E-state index in [2.05, 4.69) is 4.74 Å². The van der Waals surface area contributed by atoms with Crippen LogP contribution in [0.4, 0.5) is 35.5 Å². The lowest BCUT2D eigenvalue weighted by Crippen LogP contribution is -2.54. The van der Waals surface area contributed by atoms with Gasteiger partial charge < -0.3 is 14.4 Å². The summed E-state index contributed by atoms with van der Waals surface area (Å²) in [5.74, 6) is -1.13. The zero-order valence-electron chi connectivity index (χ0n) is 20.4. The first-order chi connectivity index (χ1) is 17.1. The van der Waals surface area contributed by atoms with Gasteiger partial charge in [-0.3, -0.25) is 9.69 Å². The van der Waals surface area contributed by atoms with Crippen molar-refractivity contribution in [3.8, 4) is 5.75 Å². The summed E-state index contributed by atoms with van der Waals surface area (Å²) >= 11 is 0. The van der Waals surface area contributed by atoms with Crippen molar-refractivity contribution in [2.75, 3.05) is 20.1 Å². The number of esters is 1. The highest BCUT2D eigenvalue weighted by atomic mass is 19.4. The number of piperidine rings is 1. The predicted octanol–water partition coefficient (Wildman–Crippen LogP) is 5.84. The molecule has 2 aliphatic rings. The molecule has 3 rings (SSSR count). The van der Waals surface area contributed by atoms with Gasteiger partial charge in [0.2, 0.25) is 0 Å². The number of rotatable bonds is 6. The fourth-order valence-electron chi connectivity index (χ4n) is 4.60. The van der Waals surface area contributed by atoms with Crippen LogP contribution in [0.1, 0.15) is 51.0 Å². The second-order valence-electron chi connectivity index (χ2n) is 9.84. The number of alkyl halides is 6. The van der Waals surface area contributed by atoms with E-state index in [-0.39, 0.29) is 44.1 Å². The fraction of sp³-hybridized carbons (Fsp3) is 0.667. The summed E-state index contributed by atoms with van der Waals surface area (Å²) in [6, 6.07) is 3.86.